The molecule has 104 valence electrons. The summed E-state index contributed by atoms with van der Waals surface area (Å²) in [5.74, 6) is -1.28. The maximum absolute atomic E-state index is 12.1. The topological polar surface area (TPSA) is 60.4 Å². The van der Waals surface area contributed by atoms with E-state index in [4.69, 9.17) is 16.3 Å². The van der Waals surface area contributed by atoms with Gasteiger partial charge in [-0.2, -0.15) is 0 Å². The van der Waals surface area contributed by atoms with Crippen LogP contribution in [0.15, 0.2) is 36.4 Å². The van der Waals surface area contributed by atoms with Crippen molar-refractivity contribution < 1.29 is 19.1 Å². The zero-order valence-corrected chi connectivity index (χ0v) is 11.7. The van der Waals surface area contributed by atoms with Gasteiger partial charge in [-0.3, -0.25) is 14.4 Å². The molecule has 0 saturated carbocycles. The van der Waals surface area contributed by atoms with Crippen LogP contribution in [0.25, 0.3) is 10.8 Å². The molecule has 0 aliphatic heterocycles. The first kappa shape index (κ1) is 13.5. The van der Waals surface area contributed by atoms with Crippen LogP contribution in [-0.2, 0) is 4.79 Å². The molecule has 0 N–H and O–H groups in total. The summed E-state index contributed by atoms with van der Waals surface area (Å²) in [4.78, 5) is 35.6. The Morgan fingerprint density at radius 1 is 1.00 bits per heavy atom. The summed E-state index contributed by atoms with van der Waals surface area (Å²) < 4.78 is 5.20. The zero-order valence-electron chi connectivity index (χ0n) is 11.0. The van der Waals surface area contributed by atoms with E-state index in [-0.39, 0.29) is 27.7 Å². The third-order valence-corrected chi connectivity index (χ3v) is 3.62. The van der Waals surface area contributed by atoms with Gasteiger partial charge in [0.05, 0.1) is 16.1 Å². The third-order valence-electron chi connectivity index (χ3n) is 3.23. The van der Waals surface area contributed by atoms with Gasteiger partial charge in [0.25, 0.3) is 0 Å². The first-order chi connectivity index (χ1) is 10.0. The van der Waals surface area contributed by atoms with Gasteiger partial charge in [0.1, 0.15) is 0 Å². The molecule has 2 aromatic rings. The number of carbonyl (C=O) groups excluding carboxylic acids is 3. The number of rotatable bonds is 1. The Labute approximate surface area is 125 Å². The average molecular weight is 301 g/mol. The first-order valence-electron chi connectivity index (χ1n) is 6.20. The number of benzene rings is 2. The number of hydrogen-bond donors (Lipinski definition) is 0. The Bertz CT molecular complexity index is 849. The molecule has 5 heteroatoms. The van der Waals surface area contributed by atoms with Crippen molar-refractivity contribution in [3.05, 3.63) is 52.6 Å². The standard InChI is InChI=1S/C16H9ClO4/c1-8(18)21-16-10-5-3-2-4-9(10)15(17)13-11(19)6-7-12(20)14(13)16/h2-7H,1H3. The Hall–Kier alpha value is -2.46. The van der Waals surface area contributed by atoms with Crippen LogP contribution in [0.1, 0.15) is 27.6 Å². The molecule has 0 unspecified atom stereocenters. The second kappa shape index (κ2) is 4.82. The Morgan fingerprint density at radius 3 is 2.19 bits per heavy atom. The van der Waals surface area contributed by atoms with Gasteiger partial charge in [-0.15, -0.1) is 0 Å². The van der Waals surface area contributed by atoms with Gasteiger partial charge in [-0.1, -0.05) is 35.9 Å². The summed E-state index contributed by atoms with van der Waals surface area (Å²) in [5, 5.41) is 1.28. The van der Waals surface area contributed by atoms with Crippen molar-refractivity contribution in [3.63, 3.8) is 0 Å². The van der Waals surface area contributed by atoms with E-state index in [0.717, 1.165) is 6.08 Å². The number of fused-ring (bicyclic) bond motifs is 2. The van der Waals surface area contributed by atoms with Crippen molar-refractivity contribution in [3.8, 4) is 5.75 Å². The summed E-state index contributed by atoms with van der Waals surface area (Å²) in [6, 6.07) is 6.89. The monoisotopic (exact) mass is 300 g/mol. The number of hydrogen-bond acceptors (Lipinski definition) is 4. The minimum Gasteiger partial charge on any atom is -0.425 e. The predicted octanol–water partition coefficient (Wildman–Crippen LogP) is 3.35. The lowest BCUT2D eigenvalue weighted by Crippen LogP contribution is -2.16. The molecule has 3 rings (SSSR count). The molecule has 0 aromatic heterocycles. The SMILES string of the molecule is CC(=O)Oc1c2c(c(Cl)c3ccccc13)C(=O)C=CC2=O. The lowest BCUT2D eigenvalue weighted by Gasteiger charge is -2.18. The average Bonchev–Trinajstić information content (AvgIpc) is 2.46. The van der Waals surface area contributed by atoms with Crippen LogP contribution >= 0.6 is 11.6 Å². The summed E-state index contributed by atoms with van der Waals surface area (Å²) in [7, 11) is 0. The molecule has 21 heavy (non-hydrogen) atoms. The second-order valence-electron chi connectivity index (χ2n) is 4.59. The van der Waals surface area contributed by atoms with Crippen molar-refractivity contribution in [1.82, 2.24) is 0 Å². The number of esters is 1. The van der Waals surface area contributed by atoms with Crippen LogP contribution < -0.4 is 4.74 Å². The van der Waals surface area contributed by atoms with E-state index in [2.05, 4.69) is 0 Å². The van der Waals surface area contributed by atoms with Gasteiger partial charge in [-0.05, 0) is 12.2 Å². The molecule has 1 aliphatic carbocycles. The summed E-state index contributed by atoms with van der Waals surface area (Å²) >= 11 is 6.28. The quantitative estimate of drug-likeness (QED) is 0.598. The van der Waals surface area contributed by atoms with Gasteiger partial charge in [0.15, 0.2) is 17.3 Å². The highest BCUT2D eigenvalue weighted by molar-refractivity contribution is 6.42. The van der Waals surface area contributed by atoms with Crippen molar-refractivity contribution in [2.75, 3.05) is 0 Å². The zero-order chi connectivity index (χ0) is 15.1. The Kier molecular flexibility index (Phi) is 3.11. The first-order valence-corrected chi connectivity index (χ1v) is 6.58. The molecular formula is C16H9ClO4. The number of ether oxygens (including phenoxy) is 1. The molecule has 4 nitrogen and oxygen atoms in total. The molecule has 0 heterocycles. The predicted molar refractivity (Wildman–Crippen MR) is 78.1 cm³/mol. The maximum Gasteiger partial charge on any atom is 0.308 e. The molecule has 0 amide bonds. The van der Waals surface area contributed by atoms with Gasteiger partial charge < -0.3 is 4.74 Å². The van der Waals surface area contributed by atoms with Crippen molar-refractivity contribution >= 4 is 39.9 Å². The van der Waals surface area contributed by atoms with E-state index < -0.39 is 11.8 Å². The fraction of sp³-hybridized carbons (Fsp3) is 0.0625. The van der Waals surface area contributed by atoms with Crippen LogP contribution in [0.5, 0.6) is 5.75 Å². The van der Waals surface area contributed by atoms with Gasteiger partial charge in [0, 0.05) is 17.7 Å². The van der Waals surface area contributed by atoms with Crippen LogP contribution in [-0.4, -0.2) is 17.5 Å². The molecule has 2 aromatic carbocycles. The van der Waals surface area contributed by atoms with E-state index in [0.29, 0.717) is 10.8 Å². The van der Waals surface area contributed by atoms with Gasteiger partial charge >= 0.3 is 5.97 Å². The Morgan fingerprint density at radius 2 is 1.57 bits per heavy atom. The van der Waals surface area contributed by atoms with E-state index in [1.165, 1.54) is 13.0 Å². The van der Waals surface area contributed by atoms with E-state index in [9.17, 15) is 14.4 Å². The molecule has 0 radical (unpaired) electrons. The highest BCUT2D eigenvalue weighted by Gasteiger charge is 2.29. The van der Waals surface area contributed by atoms with Crippen LogP contribution in [0.4, 0.5) is 0 Å². The smallest absolute Gasteiger partial charge is 0.308 e. The fourth-order valence-corrected chi connectivity index (χ4v) is 2.75. The summed E-state index contributed by atoms with van der Waals surface area (Å²) in [5.41, 5.74) is 0.125. The fourth-order valence-electron chi connectivity index (χ4n) is 2.40. The van der Waals surface area contributed by atoms with Crippen molar-refractivity contribution in [2.45, 2.75) is 6.92 Å². The second-order valence-corrected chi connectivity index (χ2v) is 4.97. The number of allylic oxidation sites excluding steroid dienone is 2. The third kappa shape index (κ3) is 2.04. The van der Waals surface area contributed by atoms with Crippen molar-refractivity contribution in [2.24, 2.45) is 0 Å². The summed E-state index contributed by atoms with van der Waals surface area (Å²) in [6.07, 6.45) is 2.33. The minimum absolute atomic E-state index is 0.0430. The molecule has 0 bridgehead atoms. The lowest BCUT2D eigenvalue weighted by atomic mass is 9.90. The van der Waals surface area contributed by atoms with E-state index in [1.54, 1.807) is 24.3 Å². The molecule has 0 saturated heterocycles. The lowest BCUT2D eigenvalue weighted by molar-refractivity contribution is -0.131. The largest absolute Gasteiger partial charge is 0.425 e. The normalized spacial score (nSPS) is 13.4. The van der Waals surface area contributed by atoms with Crippen LogP contribution in [0.3, 0.4) is 0 Å². The van der Waals surface area contributed by atoms with Gasteiger partial charge in [0.2, 0.25) is 0 Å². The van der Waals surface area contributed by atoms with E-state index >= 15 is 0 Å². The molecular weight excluding hydrogens is 292 g/mol. The summed E-state index contributed by atoms with van der Waals surface area (Å²) in [6.45, 7) is 1.24. The Balaban J connectivity index is 2.50. The number of halogens is 1. The van der Waals surface area contributed by atoms with Gasteiger partial charge in [-0.25, -0.2) is 0 Å². The molecule has 0 atom stereocenters. The minimum atomic E-state index is -0.570. The molecule has 1 aliphatic rings. The van der Waals surface area contributed by atoms with E-state index in [1.807, 2.05) is 0 Å². The van der Waals surface area contributed by atoms with Crippen LogP contribution in [0, 0.1) is 0 Å². The van der Waals surface area contributed by atoms with Crippen molar-refractivity contribution in [1.29, 1.82) is 0 Å². The highest BCUT2D eigenvalue weighted by Crippen LogP contribution is 2.41. The van der Waals surface area contributed by atoms with Crippen LogP contribution in [0.2, 0.25) is 5.02 Å². The number of ketones is 2. The maximum atomic E-state index is 12.1. The molecule has 0 fully saturated rings. The number of carbonyl (C=O) groups is 3. The molecule has 0 spiro atoms. The highest BCUT2D eigenvalue weighted by atomic mass is 35.5.